The first-order valence-corrected chi connectivity index (χ1v) is 2.92. The molecule has 0 saturated carbocycles. The summed E-state index contributed by atoms with van der Waals surface area (Å²) in [6, 6.07) is -4.12. The van der Waals surface area contributed by atoms with Crippen molar-refractivity contribution in [2.45, 2.75) is 57.2 Å². The Labute approximate surface area is 98.4 Å². The van der Waals surface area contributed by atoms with Gasteiger partial charge in [0.2, 0.25) is 0 Å². The average Bonchev–Trinajstić information content (AvgIpc) is 2.29. The summed E-state index contributed by atoms with van der Waals surface area (Å²) in [7, 11) is 0. The molecule has 1 saturated heterocycles. The van der Waals surface area contributed by atoms with Crippen LogP contribution in [-0.4, -0.2) is 22.2 Å². The Hall–Kier alpha value is -0.120. The molecule has 3 heteroatoms. The highest BCUT2D eigenvalue weighted by Gasteiger charge is 2.44. The molecule has 12 heavy (non-hydrogen) atoms. The number of rotatable bonds is 0. The van der Waals surface area contributed by atoms with Crippen molar-refractivity contribution in [1.82, 2.24) is 5.06 Å². The molecular formula is C9H19N2O. The lowest BCUT2D eigenvalue weighted by atomic mass is 9.83. The van der Waals surface area contributed by atoms with Gasteiger partial charge < -0.3 is 5.73 Å². The lowest BCUT2D eigenvalue weighted by Gasteiger charge is -2.49. The summed E-state index contributed by atoms with van der Waals surface area (Å²) in [5, 5.41) is 11.8. The van der Waals surface area contributed by atoms with Crippen molar-refractivity contribution in [2.24, 2.45) is 5.73 Å². The lowest BCUT2D eigenvalue weighted by molar-refractivity contribution is -0.288. The fourth-order valence-corrected chi connectivity index (χ4v) is 0.774. The molecule has 0 unspecified atom stereocenters. The van der Waals surface area contributed by atoms with Gasteiger partial charge in [0.1, 0.15) is 0 Å². The molecule has 0 aromatic carbocycles. The molecule has 0 aliphatic carbocycles. The Bertz CT molecular complexity index is 570. The van der Waals surface area contributed by atoms with Gasteiger partial charge in [0.05, 0.1) is 0 Å². The maximum atomic E-state index is 13.3. The van der Waals surface area contributed by atoms with Crippen LogP contribution in [0.3, 0.4) is 0 Å². The molecule has 0 spiro atoms. The first-order chi connectivity index (χ1) is 12.2. The Morgan fingerprint density at radius 1 is 1.50 bits per heavy atom. The predicted molar refractivity (Wildman–Crippen MR) is 47.9 cm³/mol. The third kappa shape index (κ3) is 1.63. The molecule has 1 fully saturated rings. The van der Waals surface area contributed by atoms with E-state index in [9.17, 15) is 5.21 Å². The van der Waals surface area contributed by atoms with E-state index in [2.05, 4.69) is 0 Å². The topological polar surface area (TPSA) is 49.2 Å². The molecule has 1 rings (SSSR count). The SMILES string of the molecule is [2H]C([2H])([2H])C1(C([2H])([2H])[2H])[15N]([O])C(C([2H])([2H])[2H])(C([2H])([2H])[2H])C([2H])([2H])C([2H])(N)C1([2H])[2H]. The summed E-state index contributed by atoms with van der Waals surface area (Å²) in [4.78, 5) is 0. The molecule has 1 aliphatic heterocycles. The molecule has 0 aromatic rings. The van der Waals surface area contributed by atoms with E-state index >= 15 is 0 Å². The fraction of sp³-hybridized carbons (Fsp3) is 1.00. The van der Waals surface area contributed by atoms with Crippen molar-refractivity contribution in [3.8, 4) is 0 Å². The summed E-state index contributed by atoms with van der Waals surface area (Å²) in [6.45, 7) is -17.1. The Balaban J connectivity index is 4.52. The number of hydroxylamine groups is 2. The number of nitrogens with zero attached hydrogens (tertiary/aromatic N) is 1. The number of hydrogen-bond acceptors (Lipinski definition) is 2. The first kappa shape index (κ1) is 1.69. The standard InChI is InChI=1S/C9H19N2O/c1-8(2)5-7(10)6-9(3,4)11(8)12/h7H,5-6,10H2,1-4H3/i1D3,2D3,3D3,4D3,5D2,6D2,7D,11+1. The number of piperidine rings is 1. The van der Waals surface area contributed by atoms with Gasteiger partial charge in [-0.2, -0.15) is 0 Å². The van der Waals surface area contributed by atoms with Crippen LogP contribution in [0.2, 0.25) is 0 Å². The second kappa shape index (κ2) is 2.69. The summed E-state index contributed by atoms with van der Waals surface area (Å²) >= 11 is 0. The number of nitrogens with two attached hydrogens (primary N) is 1. The van der Waals surface area contributed by atoms with Crippen LogP contribution in [-0.2, 0) is 5.21 Å². The van der Waals surface area contributed by atoms with Crippen molar-refractivity contribution < 1.29 is 28.5 Å². The lowest BCUT2D eigenvalue weighted by Crippen LogP contribution is -2.61. The van der Waals surface area contributed by atoms with Gasteiger partial charge >= 0.3 is 0 Å². The highest BCUT2D eigenvalue weighted by atomic mass is 16.8. The smallest absolute Gasteiger partial charge is 0.0464 e. The molecule has 2 N–H and O–H groups in total. The maximum Gasteiger partial charge on any atom is 0.0464 e. The molecule has 3 nitrogen and oxygen atoms in total. The van der Waals surface area contributed by atoms with Crippen LogP contribution in [0.15, 0.2) is 0 Å². The molecule has 0 aromatic heterocycles. The quantitative estimate of drug-likeness (QED) is 0.584. The summed E-state index contributed by atoms with van der Waals surface area (Å²) in [5.74, 6) is 0. The van der Waals surface area contributed by atoms with E-state index in [4.69, 9.17) is 29.0 Å². The van der Waals surface area contributed by atoms with E-state index in [1.54, 1.807) is 0 Å². The van der Waals surface area contributed by atoms with Gasteiger partial charge in [-0.3, -0.25) is 0 Å². The zero-order valence-electron chi connectivity index (χ0n) is 22.9. The van der Waals surface area contributed by atoms with Crippen LogP contribution in [0, 0.1) is 0 Å². The molecule has 1 radical (unpaired) electrons. The zero-order chi connectivity index (χ0) is 24.1. The first-order valence-electron chi connectivity index (χ1n) is 11.4. The highest BCUT2D eigenvalue weighted by molar-refractivity contribution is 4.97. The minimum Gasteiger partial charge on any atom is -0.328 e. The zero-order valence-corrected chi connectivity index (χ0v) is 5.93. The molecule has 0 amide bonds. The van der Waals surface area contributed by atoms with Gasteiger partial charge in [-0.15, -0.1) is 10.3 Å². The highest BCUT2D eigenvalue weighted by Crippen LogP contribution is 2.35. The normalized spacial score (nSPS) is 66.7. The minimum atomic E-state index is -4.52. The van der Waals surface area contributed by atoms with Crippen molar-refractivity contribution in [2.75, 3.05) is 0 Å². The molecule has 71 valence electrons. The van der Waals surface area contributed by atoms with Crippen molar-refractivity contribution >= 4 is 0 Å². The van der Waals surface area contributed by atoms with Crippen LogP contribution in [0.4, 0.5) is 0 Å². The van der Waals surface area contributed by atoms with Crippen molar-refractivity contribution in [3.63, 3.8) is 0 Å². The van der Waals surface area contributed by atoms with E-state index in [1.807, 2.05) is 0 Å². The van der Waals surface area contributed by atoms with Gasteiger partial charge in [0.15, 0.2) is 0 Å². The Morgan fingerprint density at radius 2 is 1.92 bits per heavy atom. The van der Waals surface area contributed by atoms with Gasteiger partial charge in [-0.25, -0.2) is 0 Å². The van der Waals surface area contributed by atoms with Crippen molar-refractivity contribution in [1.29, 1.82) is 0 Å². The van der Waals surface area contributed by atoms with Gasteiger partial charge in [0.25, 0.3) is 0 Å². The largest absolute Gasteiger partial charge is 0.328 e. The summed E-state index contributed by atoms with van der Waals surface area (Å²) < 4.78 is 131. The second-order valence-corrected chi connectivity index (χ2v) is 2.38. The number of hydrogen-bond donors (Lipinski definition) is 1. The van der Waals surface area contributed by atoms with E-state index in [-0.39, 0.29) is 0 Å². The van der Waals surface area contributed by atoms with Gasteiger partial charge in [-0.1, -0.05) is 0 Å². The van der Waals surface area contributed by atoms with Gasteiger partial charge in [-0.05, 0) is 40.2 Å². The molecule has 0 atom stereocenters. The van der Waals surface area contributed by atoms with Crippen LogP contribution >= 0.6 is 0 Å². The van der Waals surface area contributed by atoms with E-state index in [0.717, 1.165) is 0 Å². The third-order valence-electron chi connectivity index (χ3n) is 1.24. The van der Waals surface area contributed by atoms with E-state index in [0.29, 0.717) is 0 Å². The average molecular weight is 189 g/mol. The monoisotopic (exact) mass is 189 g/mol. The van der Waals surface area contributed by atoms with Gasteiger partial charge in [0, 0.05) is 40.4 Å². The van der Waals surface area contributed by atoms with Crippen LogP contribution in [0.25, 0.3) is 0 Å². The Kier molecular flexibility index (Phi) is 0.378. The molecule has 1 aliphatic rings. The molecule has 1 heterocycles. The molecule has 0 bridgehead atoms. The third-order valence-corrected chi connectivity index (χ3v) is 1.24. The van der Waals surface area contributed by atoms with E-state index < -0.39 is 62.3 Å². The van der Waals surface area contributed by atoms with Crippen LogP contribution in [0.5, 0.6) is 0 Å². The minimum absolute atomic E-state index is 1.53. The van der Waals surface area contributed by atoms with Crippen LogP contribution in [0.1, 0.15) is 63.5 Å². The Morgan fingerprint density at radius 3 is 2.25 bits per heavy atom. The van der Waals surface area contributed by atoms with Crippen LogP contribution < -0.4 is 5.73 Å². The summed E-state index contributed by atoms with van der Waals surface area (Å²) in [6.07, 6.45) is -8.58. The van der Waals surface area contributed by atoms with E-state index in [1.165, 1.54) is 0 Å². The maximum absolute atomic E-state index is 13.3. The summed E-state index contributed by atoms with van der Waals surface area (Å²) in [5.41, 5.74) is -3.65. The fourth-order valence-electron chi connectivity index (χ4n) is 0.774. The second-order valence-electron chi connectivity index (χ2n) is 2.38. The predicted octanol–water partition coefficient (Wildman–Crippen LogP) is 1.31. The molecular weight excluding hydrogens is 153 g/mol. The van der Waals surface area contributed by atoms with Crippen molar-refractivity contribution in [3.05, 3.63) is 0 Å².